The van der Waals surface area contributed by atoms with Gasteiger partial charge in [-0.3, -0.25) is 4.98 Å². The maximum Gasteiger partial charge on any atom is 0.0271 e. The molecule has 17 heavy (non-hydrogen) atoms. The van der Waals surface area contributed by atoms with Crippen molar-refractivity contribution in [3.63, 3.8) is 0 Å². The molecule has 2 heteroatoms. The highest BCUT2D eigenvalue weighted by molar-refractivity contribution is 5.08. The van der Waals surface area contributed by atoms with E-state index in [4.69, 9.17) is 0 Å². The van der Waals surface area contributed by atoms with Crippen LogP contribution >= 0.6 is 0 Å². The first-order valence-electron chi connectivity index (χ1n) is 6.94. The number of nitrogens with zero attached hydrogens (tertiary/aromatic N) is 1. The lowest BCUT2D eigenvalue weighted by atomic mass is 9.81. The van der Waals surface area contributed by atoms with Crippen LogP contribution in [-0.4, -0.2) is 11.5 Å². The van der Waals surface area contributed by atoms with Gasteiger partial charge in [0.2, 0.25) is 0 Å². The molecule has 94 valence electrons. The third-order valence-electron chi connectivity index (χ3n) is 3.94. The van der Waals surface area contributed by atoms with Gasteiger partial charge in [-0.1, -0.05) is 32.6 Å². The molecule has 0 aliphatic heterocycles. The van der Waals surface area contributed by atoms with E-state index in [9.17, 15) is 0 Å². The Hall–Kier alpha value is -0.890. The first-order chi connectivity index (χ1) is 8.34. The Morgan fingerprint density at radius 1 is 1.18 bits per heavy atom. The minimum absolute atomic E-state index is 0.969. The first kappa shape index (κ1) is 12.6. The third-order valence-corrected chi connectivity index (χ3v) is 3.94. The van der Waals surface area contributed by atoms with E-state index < -0.39 is 0 Å². The zero-order valence-corrected chi connectivity index (χ0v) is 10.9. The molecule has 1 fully saturated rings. The highest BCUT2D eigenvalue weighted by atomic mass is 14.8. The second-order valence-corrected chi connectivity index (χ2v) is 5.45. The van der Waals surface area contributed by atoms with Crippen molar-refractivity contribution in [1.82, 2.24) is 10.3 Å². The van der Waals surface area contributed by atoms with E-state index in [0.717, 1.165) is 24.9 Å². The summed E-state index contributed by atoms with van der Waals surface area (Å²) in [7, 11) is 0. The van der Waals surface area contributed by atoms with E-state index in [1.54, 1.807) is 0 Å². The van der Waals surface area contributed by atoms with Crippen molar-refractivity contribution in [3.8, 4) is 0 Å². The standard InChI is InChI=1S/C15H24N2/c1-13-2-4-14(5-3-13)6-11-17-12-15-7-9-16-10-8-15/h7-10,13-14,17H,2-6,11-12H2,1H3. The van der Waals surface area contributed by atoms with Crippen molar-refractivity contribution in [1.29, 1.82) is 0 Å². The maximum absolute atomic E-state index is 4.03. The molecule has 1 aromatic rings. The molecule has 0 bridgehead atoms. The molecule has 0 atom stereocenters. The molecule has 0 spiro atoms. The van der Waals surface area contributed by atoms with E-state index in [2.05, 4.69) is 29.4 Å². The fourth-order valence-corrected chi connectivity index (χ4v) is 2.66. The minimum atomic E-state index is 0.969. The average molecular weight is 232 g/mol. The van der Waals surface area contributed by atoms with Crippen molar-refractivity contribution < 1.29 is 0 Å². The highest BCUT2D eigenvalue weighted by Gasteiger charge is 2.17. The first-order valence-corrected chi connectivity index (χ1v) is 6.94. The molecule has 0 aromatic carbocycles. The lowest BCUT2D eigenvalue weighted by Gasteiger charge is -2.26. The van der Waals surface area contributed by atoms with E-state index in [0.29, 0.717) is 0 Å². The molecule has 2 nitrogen and oxygen atoms in total. The summed E-state index contributed by atoms with van der Waals surface area (Å²) in [5.41, 5.74) is 1.33. The molecule has 1 aromatic heterocycles. The van der Waals surface area contributed by atoms with E-state index in [-0.39, 0.29) is 0 Å². The van der Waals surface area contributed by atoms with Crippen LogP contribution in [0.2, 0.25) is 0 Å². The fourth-order valence-electron chi connectivity index (χ4n) is 2.66. The molecule has 1 saturated carbocycles. The maximum atomic E-state index is 4.03. The molecule has 1 heterocycles. The molecular weight excluding hydrogens is 208 g/mol. The van der Waals surface area contributed by atoms with Crippen LogP contribution in [0.4, 0.5) is 0 Å². The molecule has 0 amide bonds. The predicted molar refractivity (Wildman–Crippen MR) is 71.7 cm³/mol. The van der Waals surface area contributed by atoms with Crippen LogP contribution in [0.3, 0.4) is 0 Å². The smallest absolute Gasteiger partial charge is 0.0271 e. The predicted octanol–water partition coefficient (Wildman–Crippen LogP) is 3.39. The van der Waals surface area contributed by atoms with Gasteiger partial charge < -0.3 is 5.32 Å². The second-order valence-electron chi connectivity index (χ2n) is 5.45. The summed E-state index contributed by atoms with van der Waals surface area (Å²) in [6, 6.07) is 4.16. The van der Waals surface area contributed by atoms with Gasteiger partial charge >= 0.3 is 0 Å². The topological polar surface area (TPSA) is 24.9 Å². The van der Waals surface area contributed by atoms with Crippen molar-refractivity contribution in [2.45, 2.75) is 45.6 Å². The Kier molecular flexibility index (Phi) is 4.99. The van der Waals surface area contributed by atoms with Gasteiger partial charge in [0, 0.05) is 18.9 Å². The number of hydrogen-bond donors (Lipinski definition) is 1. The van der Waals surface area contributed by atoms with Gasteiger partial charge in [0.25, 0.3) is 0 Å². The largest absolute Gasteiger partial charge is 0.313 e. The molecule has 1 N–H and O–H groups in total. The zero-order chi connectivity index (χ0) is 11.9. The number of hydrogen-bond acceptors (Lipinski definition) is 2. The fraction of sp³-hybridized carbons (Fsp3) is 0.667. The van der Waals surface area contributed by atoms with Gasteiger partial charge in [0.1, 0.15) is 0 Å². The summed E-state index contributed by atoms with van der Waals surface area (Å²) in [5, 5.41) is 3.53. The highest BCUT2D eigenvalue weighted by Crippen LogP contribution is 2.29. The molecule has 0 saturated heterocycles. The quantitative estimate of drug-likeness (QED) is 0.787. The van der Waals surface area contributed by atoms with Crippen LogP contribution in [0.25, 0.3) is 0 Å². The van der Waals surface area contributed by atoms with Gasteiger partial charge in [0.05, 0.1) is 0 Å². The SMILES string of the molecule is CC1CCC(CCNCc2ccncc2)CC1. The Balaban J connectivity index is 1.57. The van der Waals surface area contributed by atoms with Crippen LogP contribution in [0.1, 0.15) is 44.6 Å². The minimum Gasteiger partial charge on any atom is -0.313 e. The monoisotopic (exact) mass is 232 g/mol. The number of aromatic nitrogens is 1. The molecule has 1 aliphatic carbocycles. The van der Waals surface area contributed by atoms with Gasteiger partial charge in [0.15, 0.2) is 0 Å². The summed E-state index contributed by atoms with van der Waals surface area (Å²) in [6.07, 6.45) is 10.8. The van der Waals surface area contributed by atoms with Gasteiger partial charge in [-0.25, -0.2) is 0 Å². The summed E-state index contributed by atoms with van der Waals surface area (Å²) >= 11 is 0. The second kappa shape index (κ2) is 6.75. The van der Waals surface area contributed by atoms with Gasteiger partial charge in [-0.15, -0.1) is 0 Å². The van der Waals surface area contributed by atoms with Gasteiger partial charge in [-0.05, 0) is 42.5 Å². The molecule has 2 rings (SSSR count). The van der Waals surface area contributed by atoms with Crippen molar-refractivity contribution in [3.05, 3.63) is 30.1 Å². The molecular formula is C15H24N2. The van der Waals surface area contributed by atoms with Crippen LogP contribution in [-0.2, 0) is 6.54 Å². The molecule has 0 radical (unpaired) electrons. The van der Waals surface area contributed by atoms with Crippen molar-refractivity contribution >= 4 is 0 Å². The van der Waals surface area contributed by atoms with Crippen LogP contribution in [0.15, 0.2) is 24.5 Å². The number of nitrogens with one attached hydrogen (secondary N) is 1. The Morgan fingerprint density at radius 3 is 2.59 bits per heavy atom. The lowest BCUT2D eigenvalue weighted by Crippen LogP contribution is -2.20. The number of rotatable bonds is 5. The zero-order valence-electron chi connectivity index (χ0n) is 10.9. The van der Waals surface area contributed by atoms with Crippen LogP contribution < -0.4 is 5.32 Å². The van der Waals surface area contributed by atoms with E-state index >= 15 is 0 Å². The van der Waals surface area contributed by atoms with Crippen molar-refractivity contribution in [2.24, 2.45) is 11.8 Å². The Bertz CT molecular complexity index is 302. The third kappa shape index (κ3) is 4.47. The summed E-state index contributed by atoms with van der Waals surface area (Å²) in [6.45, 7) is 4.52. The lowest BCUT2D eigenvalue weighted by molar-refractivity contribution is 0.275. The van der Waals surface area contributed by atoms with E-state index in [1.165, 1.54) is 37.7 Å². The number of pyridine rings is 1. The summed E-state index contributed by atoms with van der Waals surface area (Å²) in [4.78, 5) is 4.03. The average Bonchev–Trinajstić information content (AvgIpc) is 2.38. The summed E-state index contributed by atoms with van der Waals surface area (Å²) < 4.78 is 0. The normalized spacial score (nSPS) is 24.8. The van der Waals surface area contributed by atoms with Crippen molar-refractivity contribution in [2.75, 3.05) is 6.54 Å². The van der Waals surface area contributed by atoms with Crippen LogP contribution in [0.5, 0.6) is 0 Å². The van der Waals surface area contributed by atoms with E-state index in [1.807, 2.05) is 12.4 Å². The summed E-state index contributed by atoms with van der Waals surface area (Å²) in [5.74, 6) is 1.94. The van der Waals surface area contributed by atoms with Gasteiger partial charge in [-0.2, -0.15) is 0 Å². The Morgan fingerprint density at radius 2 is 1.88 bits per heavy atom. The Labute approximate surface area is 105 Å². The molecule has 0 unspecified atom stereocenters. The molecule has 1 aliphatic rings. The van der Waals surface area contributed by atoms with Crippen LogP contribution in [0, 0.1) is 11.8 Å².